The van der Waals surface area contributed by atoms with Gasteiger partial charge in [-0.1, -0.05) is 17.7 Å². The van der Waals surface area contributed by atoms with Gasteiger partial charge in [0.2, 0.25) is 0 Å². The summed E-state index contributed by atoms with van der Waals surface area (Å²) in [5.74, 6) is 0.909. The molecule has 3 nitrogen and oxygen atoms in total. The van der Waals surface area contributed by atoms with Gasteiger partial charge < -0.3 is 15.2 Å². The van der Waals surface area contributed by atoms with E-state index in [0.717, 1.165) is 24.2 Å². The van der Waals surface area contributed by atoms with Crippen LogP contribution < -0.4 is 10.5 Å². The van der Waals surface area contributed by atoms with Gasteiger partial charge in [0, 0.05) is 13.2 Å². The van der Waals surface area contributed by atoms with Crippen LogP contribution in [0.3, 0.4) is 0 Å². The van der Waals surface area contributed by atoms with Crippen molar-refractivity contribution in [2.75, 3.05) is 14.2 Å². The molecule has 0 bridgehead atoms. The molecule has 0 aliphatic carbocycles. The Labute approximate surface area is 110 Å². The van der Waals surface area contributed by atoms with Crippen molar-refractivity contribution in [2.45, 2.75) is 45.3 Å². The van der Waals surface area contributed by atoms with Crippen molar-refractivity contribution in [3.05, 3.63) is 29.3 Å². The van der Waals surface area contributed by atoms with Gasteiger partial charge in [0.15, 0.2) is 0 Å². The summed E-state index contributed by atoms with van der Waals surface area (Å²) in [7, 11) is 3.42. The summed E-state index contributed by atoms with van der Waals surface area (Å²) in [6.07, 6.45) is 1.62. The van der Waals surface area contributed by atoms with E-state index in [2.05, 4.69) is 26.8 Å². The second kappa shape index (κ2) is 6.21. The monoisotopic (exact) mass is 251 g/mol. The van der Waals surface area contributed by atoms with E-state index < -0.39 is 0 Å². The van der Waals surface area contributed by atoms with Crippen LogP contribution in [0.15, 0.2) is 18.2 Å². The van der Waals surface area contributed by atoms with Crippen molar-refractivity contribution in [3.8, 4) is 5.75 Å². The van der Waals surface area contributed by atoms with Gasteiger partial charge in [0.1, 0.15) is 5.75 Å². The van der Waals surface area contributed by atoms with Gasteiger partial charge in [-0.2, -0.15) is 0 Å². The molecule has 0 amide bonds. The summed E-state index contributed by atoms with van der Waals surface area (Å²) < 4.78 is 10.8. The van der Waals surface area contributed by atoms with Gasteiger partial charge in [-0.05, 0) is 45.2 Å². The fourth-order valence-corrected chi connectivity index (χ4v) is 2.14. The summed E-state index contributed by atoms with van der Waals surface area (Å²) in [5.41, 5.74) is 8.41. The lowest BCUT2D eigenvalue weighted by atomic mass is 9.94. The minimum absolute atomic E-state index is 0.0654. The smallest absolute Gasteiger partial charge is 0.122 e. The first-order valence-corrected chi connectivity index (χ1v) is 6.32. The van der Waals surface area contributed by atoms with Crippen LogP contribution in [-0.2, 0) is 11.2 Å². The number of aryl methyl sites for hydroxylation is 1. The molecule has 0 saturated heterocycles. The molecule has 0 aliphatic rings. The fourth-order valence-electron chi connectivity index (χ4n) is 2.14. The molecule has 18 heavy (non-hydrogen) atoms. The first-order valence-electron chi connectivity index (χ1n) is 6.32. The quantitative estimate of drug-likeness (QED) is 0.845. The normalized spacial score (nSPS) is 13.4. The predicted octanol–water partition coefficient (Wildman–Crippen LogP) is 2.69. The van der Waals surface area contributed by atoms with E-state index in [1.54, 1.807) is 14.2 Å². The maximum absolute atomic E-state index is 6.21. The van der Waals surface area contributed by atoms with E-state index in [4.69, 9.17) is 15.2 Å². The third-order valence-corrected chi connectivity index (χ3v) is 3.22. The Balaban J connectivity index is 2.75. The Morgan fingerprint density at radius 3 is 2.50 bits per heavy atom. The molecule has 0 heterocycles. The molecule has 0 aromatic heterocycles. The molecule has 0 saturated carbocycles. The standard InChI is InChI=1S/C15H25NO2/c1-11-6-7-14(17-4)12(8-11)9-13(16)10-15(2,3)18-5/h6-8,13H,9-10,16H2,1-5H3. The van der Waals surface area contributed by atoms with Crippen LogP contribution in [0.2, 0.25) is 0 Å². The Bertz CT molecular complexity index is 388. The number of nitrogens with two attached hydrogens (primary N) is 1. The molecule has 0 radical (unpaired) electrons. The van der Waals surface area contributed by atoms with Crippen molar-refractivity contribution >= 4 is 0 Å². The molecule has 1 unspecified atom stereocenters. The maximum Gasteiger partial charge on any atom is 0.122 e. The molecule has 1 atom stereocenters. The molecule has 2 N–H and O–H groups in total. The van der Waals surface area contributed by atoms with Crippen molar-refractivity contribution in [1.82, 2.24) is 0 Å². The maximum atomic E-state index is 6.21. The number of hydrogen-bond donors (Lipinski definition) is 1. The fraction of sp³-hybridized carbons (Fsp3) is 0.600. The highest BCUT2D eigenvalue weighted by atomic mass is 16.5. The number of benzene rings is 1. The molecule has 0 aliphatic heterocycles. The Hall–Kier alpha value is -1.06. The first kappa shape index (κ1) is 15.0. The highest BCUT2D eigenvalue weighted by molar-refractivity contribution is 5.37. The van der Waals surface area contributed by atoms with Crippen molar-refractivity contribution in [3.63, 3.8) is 0 Å². The second-order valence-corrected chi connectivity index (χ2v) is 5.45. The summed E-state index contributed by atoms with van der Waals surface area (Å²) in [6.45, 7) is 6.19. The zero-order valence-electron chi connectivity index (χ0n) is 12.1. The summed E-state index contributed by atoms with van der Waals surface area (Å²) in [5, 5.41) is 0. The molecule has 0 spiro atoms. The van der Waals surface area contributed by atoms with Crippen LogP contribution in [0, 0.1) is 6.92 Å². The van der Waals surface area contributed by atoms with E-state index in [1.165, 1.54) is 5.56 Å². The van der Waals surface area contributed by atoms with Crippen molar-refractivity contribution in [2.24, 2.45) is 5.73 Å². The van der Waals surface area contributed by atoms with E-state index >= 15 is 0 Å². The number of methoxy groups -OCH3 is 2. The topological polar surface area (TPSA) is 44.5 Å². The van der Waals surface area contributed by atoms with Crippen molar-refractivity contribution in [1.29, 1.82) is 0 Å². The molecular weight excluding hydrogens is 226 g/mol. The number of rotatable bonds is 6. The van der Waals surface area contributed by atoms with Crippen LogP contribution in [-0.4, -0.2) is 25.9 Å². The number of ether oxygens (including phenoxy) is 2. The van der Waals surface area contributed by atoms with Gasteiger partial charge in [0.05, 0.1) is 12.7 Å². The lowest BCUT2D eigenvalue weighted by molar-refractivity contribution is 0.0102. The molecule has 1 rings (SSSR count). The molecular formula is C15H25NO2. The lowest BCUT2D eigenvalue weighted by Gasteiger charge is -2.26. The minimum atomic E-state index is -0.184. The average molecular weight is 251 g/mol. The third-order valence-electron chi connectivity index (χ3n) is 3.22. The third kappa shape index (κ3) is 4.31. The van der Waals surface area contributed by atoms with E-state index in [0.29, 0.717) is 0 Å². The van der Waals surface area contributed by atoms with Gasteiger partial charge in [-0.25, -0.2) is 0 Å². The minimum Gasteiger partial charge on any atom is -0.496 e. The highest BCUT2D eigenvalue weighted by Crippen LogP contribution is 2.23. The molecule has 1 aromatic rings. The van der Waals surface area contributed by atoms with Crippen molar-refractivity contribution < 1.29 is 9.47 Å². The van der Waals surface area contributed by atoms with Crippen LogP contribution >= 0.6 is 0 Å². The van der Waals surface area contributed by atoms with Crippen LogP contribution in [0.25, 0.3) is 0 Å². The lowest BCUT2D eigenvalue weighted by Crippen LogP contribution is -2.35. The molecule has 3 heteroatoms. The zero-order chi connectivity index (χ0) is 13.8. The summed E-state index contributed by atoms with van der Waals surface area (Å²) in [4.78, 5) is 0. The predicted molar refractivity (Wildman–Crippen MR) is 75.1 cm³/mol. The van der Waals surface area contributed by atoms with Crippen LogP contribution in [0.1, 0.15) is 31.4 Å². The van der Waals surface area contributed by atoms with Gasteiger partial charge in [-0.15, -0.1) is 0 Å². The van der Waals surface area contributed by atoms with Gasteiger partial charge >= 0.3 is 0 Å². The second-order valence-electron chi connectivity index (χ2n) is 5.45. The largest absolute Gasteiger partial charge is 0.496 e. The van der Waals surface area contributed by atoms with E-state index in [-0.39, 0.29) is 11.6 Å². The number of hydrogen-bond acceptors (Lipinski definition) is 3. The summed E-state index contributed by atoms with van der Waals surface area (Å²) >= 11 is 0. The average Bonchev–Trinajstić information content (AvgIpc) is 2.28. The Kier molecular flexibility index (Phi) is 5.17. The Morgan fingerprint density at radius 1 is 1.28 bits per heavy atom. The summed E-state index contributed by atoms with van der Waals surface area (Å²) in [6, 6.07) is 6.25. The SMILES string of the molecule is COc1ccc(C)cc1CC(N)CC(C)(C)OC. The van der Waals surface area contributed by atoms with E-state index in [9.17, 15) is 0 Å². The van der Waals surface area contributed by atoms with Crippen LogP contribution in [0.5, 0.6) is 5.75 Å². The zero-order valence-corrected chi connectivity index (χ0v) is 12.1. The van der Waals surface area contributed by atoms with E-state index in [1.807, 2.05) is 12.1 Å². The van der Waals surface area contributed by atoms with Gasteiger partial charge in [-0.3, -0.25) is 0 Å². The van der Waals surface area contributed by atoms with Gasteiger partial charge in [0.25, 0.3) is 0 Å². The molecule has 0 fully saturated rings. The Morgan fingerprint density at radius 2 is 1.94 bits per heavy atom. The highest BCUT2D eigenvalue weighted by Gasteiger charge is 2.21. The first-order chi connectivity index (χ1) is 8.38. The molecule has 1 aromatic carbocycles. The van der Waals surface area contributed by atoms with Crippen LogP contribution in [0.4, 0.5) is 0 Å². The molecule has 102 valence electrons.